The van der Waals surface area contributed by atoms with Gasteiger partial charge in [0, 0.05) is 12.7 Å². The maximum absolute atomic E-state index is 5.61. The normalized spacial score (nSPS) is 10.8. The van der Waals surface area contributed by atoms with E-state index in [0.717, 1.165) is 16.9 Å². The Morgan fingerprint density at radius 1 is 1.33 bits per heavy atom. The monoisotopic (exact) mass is 162 g/mol. The van der Waals surface area contributed by atoms with Gasteiger partial charge in [-0.3, -0.25) is 4.57 Å². The highest BCUT2D eigenvalue weighted by atomic mass is 15.2. The van der Waals surface area contributed by atoms with Gasteiger partial charge in [-0.25, -0.2) is 9.97 Å². The molecule has 0 unspecified atom stereocenters. The van der Waals surface area contributed by atoms with Crippen molar-refractivity contribution in [3.05, 3.63) is 17.8 Å². The third-order valence-electron chi connectivity index (χ3n) is 1.89. The van der Waals surface area contributed by atoms with Crippen molar-refractivity contribution >= 4 is 17.1 Å². The fourth-order valence-electron chi connectivity index (χ4n) is 1.18. The number of rotatable bonds is 0. The van der Waals surface area contributed by atoms with Crippen LogP contribution in [0.15, 0.2) is 12.1 Å². The van der Waals surface area contributed by atoms with Crippen molar-refractivity contribution in [2.75, 3.05) is 5.73 Å². The van der Waals surface area contributed by atoms with Gasteiger partial charge in [0.25, 0.3) is 0 Å². The van der Waals surface area contributed by atoms with Gasteiger partial charge < -0.3 is 5.73 Å². The van der Waals surface area contributed by atoms with Gasteiger partial charge in [-0.1, -0.05) is 0 Å². The zero-order valence-corrected chi connectivity index (χ0v) is 7.07. The lowest BCUT2D eigenvalue weighted by atomic mass is 10.3. The molecule has 2 heterocycles. The number of nitrogen functional groups attached to an aromatic ring is 1. The van der Waals surface area contributed by atoms with Gasteiger partial charge in [-0.05, 0) is 19.1 Å². The molecule has 12 heavy (non-hydrogen) atoms. The van der Waals surface area contributed by atoms with E-state index >= 15 is 0 Å². The van der Waals surface area contributed by atoms with Crippen LogP contribution in [-0.2, 0) is 7.05 Å². The molecule has 0 atom stereocenters. The summed E-state index contributed by atoms with van der Waals surface area (Å²) in [6.07, 6.45) is 0. The van der Waals surface area contributed by atoms with Gasteiger partial charge >= 0.3 is 0 Å². The lowest BCUT2D eigenvalue weighted by Gasteiger charge is -1.95. The van der Waals surface area contributed by atoms with E-state index < -0.39 is 0 Å². The first kappa shape index (κ1) is 7.09. The molecular formula is C8H10N4. The van der Waals surface area contributed by atoms with Crippen LogP contribution in [-0.4, -0.2) is 14.5 Å². The Hall–Kier alpha value is -1.58. The third-order valence-corrected chi connectivity index (χ3v) is 1.89. The van der Waals surface area contributed by atoms with E-state index in [1.165, 1.54) is 0 Å². The number of pyridine rings is 1. The Bertz CT molecular complexity index is 430. The number of aryl methyl sites for hydroxylation is 2. The molecule has 0 saturated carbocycles. The molecule has 2 aromatic heterocycles. The summed E-state index contributed by atoms with van der Waals surface area (Å²) < 4.78 is 1.78. The Labute approximate surface area is 70.0 Å². The fraction of sp³-hybridized carbons (Fsp3) is 0.250. The summed E-state index contributed by atoms with van der Waals surface area (Å²) in [5, 5.41) is 0. The van der Waals surface area contributed by atoms with E-state index in [1.54, 1.807) is 4.57 Å². The number of imidazole rings is 1. The maximum atomic E-state index is 5.61. The summed E-state index contributed by atoms with van der Waals surface area (Å²) in [6.45, 7) is 1.95. The molecule has 0 fully saturated rings. The van der Waals surface area contributed by atoms with Crippen molar-refractivity contribution < 1.29 is 0 Å². The van der Waals surface area contributed by atoms with Crippen LogP contribution < -0.4 is 5.73 Å². The summed E-state index contributed by atoms with van der Waals surface area (Å²) >= 11 is 0. The van der Waals surface area contributed by atoms with Crippen molar-refractivity contribution in [3.63, 3.8) is 0 Å². The summed E-state index contributed by atoms with van der Waals surface area (Å²) in [5.74, 6) is 0.503. The SMILES string of the molecule is Cc1ccc2nc(N)n(C)c2n1. The van der Waals surface area contributed by atoms with E-state index in [9.17, 15) is 0 Å². The molecule has 2 N–H and O–H groups in total. The zero-order chi connectivity index (χ0) is 8.72. The van der Waals surface area contributed by atoms with E-state index in [1.807, 2.05) is 26.1 Å². The number of hydrogen-bond acceptors (Lipinski definition) is 3. The molecule has 0 aromatic carbocycles. The van der Waals surface area contributed by atoms with Crippen LogP contribution in [0, 0.1) is 6.92 Å². The standard InChI is InChI=1S/C8H10N4/c1-5-3-4-6-7(10-5)12(2)8(9)11-6/h3-4H,1-2H3,(H2,9,11). The number of nitrogens with two attached hydrogens (primary N) is 1. The molecule has 2 rings (SSSR count). The van der Waals surface area contributed by atoms with Gasteiger partial charge in [-0.15, -0.1) is 0 Å². The van der Waals surface area contributed by atoms with Gasteiger partial charge in [0.2, 0.25) is 5.95 Å². The number of anilines is 1. The van der Waals surface area contributed by atoms with Crippen LogP contribution in [0.3, 0.4) is 0 Å². The smallest absolute Gasteiger partial charge is 0.202 e. The first-order valence-electron chi connectivity index (χ1n) is 3.74. The van der Waals surface area contributed by atoms with Crippen LogP contribution in [0.1, 0.15) is 5.69 Å². The summed E-state index contributed by atoms with van der Waals surface area (Å²) in [7, 11) is 1.86. The average molecular weight is 162 g/mol. The quantitative estimate of drug-likeness (QED) is 0.625. The summed E-state index contributed by atoms with van der Waals surface area (Å²) in [6, 6.07) is 3.85. The molecule has 0 bridgehead atoms. The van der Waals surface area contributed by atoms with Crippen molar-refractivity contribution in [2.45, 2.75) is 6.92 Å². The van der Waals surface area contributed by atoms with Crippen molar-refractivity contribution in [1.82, 2.24) is 14.5 Å². The molecule has 0 amide bonds. The van der Waals surface area contributed by atoms with E-state index in [0.29, 0.717) is 5.95 Å². The van der Waals surface area contributed by atoms with Crippen LogP contribution in [0.2, 0.25) is 0 Å². The van der Waals surface area contributed by atoms with Crippen LogP contribution in [0.25, 0.3) is 11.2 Å². The predicted octanol–water partition coefficient (Wildman–Crippen LogP) is 0.859. The molecular weight excluding hydrogens is 152 g/mol. The minimum atomic E-state index is 0.503. The van der Waals surface area contributed by atoms with E-state index in [-0.39, 0.29) is 0 Å². The highest BCUT2D eigenvalue weighted by Crippen LogP contribution is 2.13. The molecule has 4 heteroatoms. The molecule has 0 saturated heterocycles. The van der Waals surface area contributed by atoms with Crippen molar-refractivity contribution in [1.29, 1.82) is 0 Å². The van der Waals surface area contributed by atoms with E-state index in [4.69, 9.17) is 5.73 Å². The second-order valence-corrected chi connectivity index (χ2v) is 2.82. The fourth-order valence-corrected chi connectivity index (χ4v) is 1.18. The molecule has 0 radical (unpaired) electrons. The molecule has 2 aromatic rings. The Morgan fingerprint density at radius 3 is 2.83 bits per heavy atom. The third kappa shape index (κ3) is 0.845. The number of hydrogen-bond donors (Lipinski definition) is 1. The first-order valence-corrected chi connectivity index (χ1v) is 3.74. The van der Waals surface area contributed by atoms with Crippen LogP contribution in [0.5, 0.6) is 0 Å². The van der Waals surface area contributed by atoms with Gasteiger partial charge in [0.1, 0.15) is 5.52 Å². The van der Waals surface area contributed by atoms with Gasteiger partial charge in [-0.2, -0.15) is 0 Å². The Balaban J connectivity index is 2.88. The van der Waals surface area contributed by atoms with Crippen LogP contribution in [0.4, 0.5) is 5.95 Å². The maximum Gasteiger partial charge on any atom is 0.202 e. The average Bonchev–Trinajstić information content (AvgIpc) is 2.31. The van der Waals surface area contributed by atoms with E-state index in [2.05, 4.69) is 9.97 Å². The molecule has 0 spiro atoms. The lowest BCUT2D eigenvalue weighted by molar-refractivity contribution is 0.943. The summed E-state index contributed by atoms with van der Waals surface area (Å²) in [5.41, 5.74) is 8.28. The van der Waals surface area contributed by atoms with Crippen molar-refractivity contribution in [3.8, 4) is 0 Å². The Kier molecular flexibility index (Phi) is 1.30. The topological polar surface area (TPSA) is 56.7 Å². The Morgan fingerprint density at radius 2 is 2.08 bits per heavy atom. The summed E-state index contributed by atoms with van der Waals surface area (Å²) in [4.78, 5) is 8.45. The van der Waals surface area contributed by atoms with Gasteiger partial charge in [0.05, 0.1) is 0 Å². The molecule has 0 aliphatic carbocycles. The second-order valence-electron chi connectivity index (χ2n) is 2.82. The minimum absolute atomic E-state index is 0.503. The number of fused-ring (bicyclic) bond motifs is 1. The predicted molar refractivity (Wildman–Crippen MR) is 47.7 cm³/mol. The van der Waals surface area contributed by atoms with Crippen molar-refractivity contribution in [2.24, 2.45) is 7.05 Å². The molecule has 62 valence electrons. The van der Waals surface area contributed by atoms with Crippen LogP contribution >= 0.6 is 0 Å². The lowest BCUT2D eigenvalue weighted by Crippen LogP contribution is -1.97. The largest absolute Gasteiger partial charge is 0.369 e. The molecule has 0 aliphatic heterocycles. The second kappa shape index (κ2) is 2.20. The first-order chi connectivity index (χ1) is 5.68. The van der Waals surface area contributed by atoms with Gasteiger partial charge in [0.15, 0.2) is 5.65 Å². The minimum Gasteiger partial charge on any atom is -0.369 e. The number of aromatic nitrogens is 3. The zero-order valence-electron chi connectivity index (χ0n) is 7.07. The number of nitrogens with zero attached hydrogens (tertiary/aromatic N) is 3. The highest BCUT2D eigenvalue weighted by Gasteiger charge is 2.04. The molecule has 4 nitrogen and oxygen atoms in total. The molecule has 0 aliphatic rings. The highest BCUT2D eigenvalue weighted by molar-refractivity contribution is 5.73.